The summed E-state index contributed by atoms with van der Waals surface area (Å²) in [5.41, 5.74) is 11.6. The molecule has 13 heavy (non-hydrogen) atoms. The van der Waals surface area contributed by atoms with E-state index >= 15 is 0 Å². The molecule has 0 unspecified atom stereocenters. The van der Waals surface area contributed by atoms with Crippen LogP contribution < -0.4 is 11.5 Å². The predicted octanol–water partition coefficient (Wildman–Crippen LogP) is 0.764. The Bertz CT molecular complexity index is 424. The summed E-state index contributed by atoms with van der Waals surface area (Å²) in [6.45, 7) is 0. The van der Waals surface area contributed by atoms with Gasteiger partial charge in [-0.1, -0.05) is 0 Å². The fourth-order valence-corrected chi connectivity index (χ4v) is 1.43. The van der Waals surface area contributed by atoms with Crippen molar-refractivity contribution in [2.75, 3.05) is 11.5 Å². The highest BCUT2D eigenvalue weighted by atomic mass is 32.1. The molecule has 0 aliphatic heterocycles. The highest BCUT2D eigenvalue weighted by Crippen LogP contribution is 2.19. The van der Waals surface area contributed by atoms with E-state index in [-0.39, 0.29) is 0 Å². The zero-order valence-electron chi connectivity index (χ0n) is 6.64. The van der Waals surface area contributed by atoms with Crippen molar-refractivity contribution in [2.24, 2.45) is 0 Å². The molecule has 0 atom stereocenters. The first-order chi connectivity index (χ1) is 6.25. The molecule has 0 spiro atoms. The average Bonchev–Trinajstić information content (AvgIpc) is 2.52. The van der Waals surface area contributed by atoms with E-state index in [0.29, 0.717) is 22.5 Å². The molecule has 5 nitrogen and oxygen atoms in total. The molecule has 0 aliphatic rings. The number of hydrogen-bond acceptors (Lipinski definition) is 6. The molecule has 2 aromatic heterocycles. The van der Waals surface area contributed by atoms with Crippen molar-refractivity contribution in [3.8, 4) is 11.5 Å². The molecule has 6 heteroatoms. The summed E-state index contributed by atoms with van der Waals surface area (Å²) in [6, 6.07) is 1.62. The van der Waals surface area contributed by atoms with Gasteiger partial charge < -0.3 is 11.5 Å². The fourth-order valence-electron chi connectivity index (χ4n) is 0.886. The van der Waals surface area contributed by atoms with Gasteiger partial charge in [0.1, 0.15) is 11.5 Å². The molecule has 2 rings (SSSR count). The number of hydrogen-bond donors (Lipinski definition) is 2. The van der Waals surface area contributed by atoms with Gasteiger partial charge in [0, 0.05) is 11.6 Å². The SMILES string of the molecule is Nc1ccnc(-c2csc(N)n2)n1. The maximum atomic E-state index is 5.50. The van der Waals surface area contributed by atoms with Crippen LogP contribution in [0.15, 0.2) is 17.6 Å². The quantitative estimate of drug-likeness (QED) is 0.697. The number of nitrogen functional groups attached to an aromatic ring is 2. The van der Waals surface area contributed by atoms with Gasteiger partial charge in [0.05, 0.1) is 0 Å². The van der Waals surface area contributed by atoms with E-state index in [4.69, 9.17) is 11.5 Å². The average molecular weight is 193 g/mol. The Morgan fingerprint density at radius 1 is 1.23 bits per heavy atom. The molecule has 0 fully saturated rings. The maximum Gasteiger partial charge on any atom is 0.181 e. The smallest absolute Gasteiger partial charge is 0.181 e. The second kappa shape index (κ2) is 2.98. The molecule has 0 amide bonds. The van der Waals surface area contributed by atoms with Gasteiger partial charge in [0.2, 0.25) is 0 Å². The standard InChI is InChI=1S/C7H7N5S/c8-5-1-2-10-6(12-5)4-3-13-7(9)11-4/h1-3H,(H2,9,11)(H2,8,10,12). The molecule has 66 valence electrons. The first kappa shape index (κ1) is 7.93. The summed E-state index contributed by atoms with van der Waals surface area (Å²) in [6.07, 6.45) is 1.59. The Balaban J connectivity index is 2.46. The molecule has 2 aromatic rings. The van der Waals surface area contributed by atoms with Gasteiger partial charge in [0.25, 0.3) is 0 Å². The highest BCUT2D eigenvalue weighted by molar-refractivity contribution is 7.13. The van der Waals surface area contributed by atoms with Crippen LogP contribution in [0.2, 0.25) is 0 Å². The Kier molecular flexibility index (Phi) is 1.82. The van der Waals surface area contributed by atoms with Crippen LogP contribution >= 0.6 is 11.3 Å². The van der Waals surface area contributed by atoms with Crippen molar-refractivity contribution < 1.29 is 0 Å². The van der Waals surface area contributed by atoms with E-state index in [1.165, 1.54) is 11.3 Å². The van der Waals surface area contributed by atoms with Gasteiger partial charge >= 0.3 is 0 Å². The zero-order valence-corrected chi connectivity index (χ0v) is 7.45. The summed E-state index contributed by atoms with van der Waals surface area (Å²) in [5.74, 6) is 0.935. The lowest BCUT2D eigenvalue weighted by Crippen LogP contribution is -1.94. The van der Waals surface area contributed by atoms with Gasteiger partial charge in [-0.15, -0.1) is 11.3 Å². The van der Waals surface area contributed by atoms with Crippen LogP contribution in [0.5, 0.6) is 0 Å². The van der Waals surface area contributed by atoms with E-state index in [2.05, 4.69) is 15.0 Å². The molecule has 0 saturated carbocycles. The number of aromatic nitrogens is 3. The van der Waals surface area contributed by atoms with Gasteiger partial charge in [-0.2, -0.15) is 0 Å². The number of nitrogens with two attached hydrogens (primary N) is 2. The summed E-state index contributed by atoms with van der Waals surface area (Å²) in [5, 5.41) is 2.30. The Morgan fingerprint density at radius 3 is 2.69 bits per heavy atom. The van der Waals surface area contributed by atoms with Crippen LogP contribution in [-0.4, -0.2) is 15.0 Å². The minimum absolute atomic E-state index is 0.427. The lowest BCUT2D eigenvalue weighted by molar-refractivity contribution is 1.16. The third-order valence-electron chi connectivity index (χ3n) is 1.43. The van der Waals surface area contributed by atoms with Crippen molar-refractivity contribution in [1.82, 2.24) is 15.0 Å². The maximum absolute atomic E-state index is 5.50. The van der Waals surface area contributed by atoms with Gasteiger partial charge in [-0.05, 0) is 6.07 Å². The van der Waals surface area contributed by atoms with E-state index < -0.39 is 0 Å². The molecule has 0 radical (unpaired) electrons. The van der Waals surface area contributed by atoms with Crippen molar-refractivity contribution >= 4 is 22.3 Å². The van der Waals surface area contributed by atoms with Crippen molar-refractivity contribution in [2.45, 2.75) is 0 Å². The fraction of sp³-hybridized carbons (Fsp3) is 0. The van der Waals surface area contributed by atoms with Crippen LogP contribution in [0.25, 0.3) is 11.5 Å². The zero-order chi connectivity index (χ0) is 9.26. The van der Waals surface area contributed by atoms with E-state index in [1.54, 1.807) is 17.6 Å². The third-order valence-corrected chi connectivity index (χ3v) is 2.10. The van der Waals surface area contributed by atoms with Crippen LogP contribution in [0.3, 0.4) is 0 Å². The summed E-state index contributed by atoms with van der Waals surface area (Å²) < 4.78 is 0. The van der Waals surface area contributed by atoms with Gasteiger partial charge in [-0.3, -0.25) is 0 Å². The number of anilines is 2. The molecule has 0 aliphatic carbocycles. The number of thiazole rings is 1. The number of nitrogens with zero attached hydrogens (tertiary/aromatic N) is 3. The normalized spacial score (nSPS) is 10.2. The van der Waals surface area contributed by atoms with E-state index in [1.807, 2.05) is 0 Å². The number of rotatable bonds is 1. The van der Waals surface area contributed by atoms with Crippen LogP contribution in [-0.2, 0) is 0 Å². The molecular weight excluding hydrogens is 186 g/mol. The molecule has 2 heterocycles. The Hall–Kier alpha value is -1.69. The van der Waals surface area contributed by atoms with Crippen LogP contribution in [0.1, 0.15) is 0 Å². The van der Waals surface area contributed by atoms with Crippen LogP contribution in [0, 0.1) is 0 Å². The van der Waals surface area contributed by atoms with Crippen LogP contribution in [0.4, 0.5) is 10.9 Å². The van der Waals surface area contributed by atoms with Gasteiger partial charge in [0.15, 0.2) is 11.0 Å². The second-order valence-corrected chi connectivity index (χ2v) is 3.27. The van der Waals surface area contributed by atoms with Gasteiger partial charge in [-0.25, -0.2) is 15.0 Å². The first-order valence-electron chi connectivity index (χ1n) is 3.55. The minimum Gasteiger partial charge on any atom is -0.384 e. The Morgan fingerprint density at radius 2 is 2.08 bits per heavy atom. The molecular formula is C7H7N5S. The molecule has 0 saturated heterocycles. The largest absolute Gasteiger partial charge is 0.384 e. The monoisotopic (exact) mass is 193 g/mol. The predicted molar refractivity (Wildman–Crippen MR) is 52.0 cm³/mol. The molecule has 0 bridgehead atoms. The third kappa shape index (κ3) is 1.57. The first-order valence-corrected chi connectivity index (χ1v) is 4.43. The summed E-state index contributed by atoms with van der Waals surface area (Å²) >= 11 is 1.35. The minimum atomic E-state index is 0.427. The highest BCUT2D eigenvalue weighted by Gasteiger charge is 2.04. The lowest BCUT2D eigenvalue weighted by Gasteiger charge is -1.94. The van der Waals surface area contributed by atoms with E-state index in [0.717, 1.165) is 0 Å². The van der Waals surface area contributed by atoms with Crippen molar-refractivity contribution in [3.63, 3.8) is 0 Å². The molecule has 4 N–H and O–H groups in total. The summed E-state index contributed by atoms with van der Waals surface area (Å²) in [7, 11) is 0. The topological polar surface area (TPSA) is 90.7 Å². The van der Waals surface area contributed by atoms with Crippen molar-refractivity contribution in [1.29, 1.82) is 0 Å². The molecule has 0 aromatic carbocycles. The van der Waals surface area contributed by atoms with Crippen molar-refractivity contribution in [3.05, 3.63) is 17.6 Å². The second-order valence-electron chi connectivity index (χ2n) is 2.38. The summed E-state index contributed by atoms with van der Waals surface area (Å²) in [4.78, 5) is 12.1. The lowest BCUT2D eigenvalue weighted by atomic mass is 10.4. The van der Waals surface area contributed by atoms with E-state index in [9.17, 15) is 0 Å². The Labute approximate surface area is 78.5 Å².